The second-order valence-electron chi connectivity index (χ2n) is 9.31. The van der Waals surface area contributed by atoms with E-state index < -0.39 is 5.79 Å². The Morgan fingerprint density at radius 1 is 1.14 bits per heavy atom. The number of fused-ring (bicyclic) bond motifs is 3. The molecule has 7 atom stereocenters. The smallest absolute Gasteiger partial charge is 0.188 e. The molecule has 3 saturated carbocycles. The van der Waals surface area contributed by atoms with Gasteiger partial charge in [-0.05, 0) is 67.3 Å². The third-order valence-electron chi connectivity index (χ3n) is 8.38. The van der Waals surface area contributed by atoms with Gasteiger partial charge < -0.3 is 9.47 Å². The predicted molar refractivity (Wildman–Crippen MR) is 88.4 cm³/mol. The summed E-state index contributed by atoms with van der Waals surface area (Å²) in [4.78, 5) is 0. The van der Waals surface area contributed by atoms with Crippen molar-refractivity contribution < 1.29 is 9.47 Å². The molecule has 0 unspecified atom stereocenters. The maximum atomic E-state index is 6.66. The fourth-order valence-electron chi connectivity index (χ4n) is 7.14. The zero-order valence-electron chi connectivity index (χ0n) is 14.9. The molecule has 0 radical (unpaired) electrons. The van der Waals surface area contributed by atoms with E-state index in [9.17, 15) is 0 Å². The molecule has 22 heavy (non-hydrogen) atoms. The molecule has 124 valence electrons. The van der Waals surface area contributed by atoms with Crippen molar-refractivity contribution in [2.45, 2.75) is 84.2 Å². The van der Waals surface area contributed by atoms with E-state index in [2.05, 4.69) is 41.2 Å². The molecule has 1 spiro atoms. The molecule has 4 fully saturated rings. The minimum atomic E-state index is -0.562. The lowest BCUT2D eigenvalue weighted by Gasteiger charge is -2.47. The van der Waals surface area contributed by atoms with Gasteiger partial charge in [0.05, 0.1) is 11.7 Å². The van der Waals surface area contributed by atoms with Gasteiger partial charge in [0.25, 0.3) is 0 Å². The lowest BCUT2D eigenvalue weighted by molar-refractivity contribution is -0.170. The molecular formula is C20H32O2. The maximum absolute atomic E-state index is 6.66. The second-order valence-corrected chi connectivity index (χ2v) is 9.31. The van der Waals surface area contributed by atoms with Crippen LogP contribution in [0.3, 0.4) is 0 Å². The Hall–Kier alpha value is -0.340. The fourth-order valence-corrected chi connectivity index (χ4v) is 7.14. The molecule has 2 nitrogen and oxygen atoms in total. The van der Waals surface area contributed by atoms with Gasteiger partial charge in [0.15, 0.2) is 5.79 Å². The summed E-state index contributed by atoms with van der Waals surface area (Å²) in [6.45, 7) is 16.0. The summed E-state index contributed by atoms with van der Waals surface area (Å²) in [6, 6.07) is 0. The molecule has 0 aromatic carbocycles. The second kappa shape index (κ2) is 4.19. The average Bonchev–Trinajstić information content (AvgIpc) is 3.02. The van der Waals surface area contributed by atoms with Crippen molar-refractivity contribution in [3.8, 4) is 0 Å². The molecule has 4 rings (SSSR count). The van der Waals surface area contributed by atoms with Gasteiger partial charge in [-0.3, -0.25) is 0 Å². The molecule has 0 N–H and O–H groups in total. The number of hydrogen-bond acceptors (Lipinski definition) is 2. The van der Waals surface area contributed by atoms with Crippen LogP contribution in [-0.4, -0.2) is 17.5 Å². The van der Waals surface area contributed by atoms with Crippen molar-refractivity contribution in [2.75, 3.05) is 0 Å². The highest BCUT2D eigenvalue weighted by Crippen LogP contribution is 2.75. The van der Waals surface area contributed by atoms with Gasteiger partial charge in [-0.15, -0.1) is 0 Å². The standard InChI is InChI=1S/C20H32O2/c1-7-20(8-2)21-16-12-19-11-15(18(16,6)22-20)17(4,5)14(19)10-9-13(19)3/h7,13-16H,1,8-12H2,2-6H3/t13-,14+,15-,16+,18-,19-,20-/m1/s1. The zero-order chi connectivity index (χ0) is 16.0. The quantitative estimate of drug-likeness (QED) is 0.673. The first-order chi connectivity index (χ1) is 10.2. The zero-order valence-corrected chi connectivity index (χ0v) is 14.9. The van der Waals surface area contributed by atoms with E-state index in [4.69, 9.17) is 9.47 Å². The Kier molecular flexibility index (Phi) is 2.89. The largest absolute Gasteiger partial charge is 0.340 e. The highest BCUT2D eigenvalue weighted by atomic mass is 16.8. The number of rotatable bonds is 2. The van der Waals surface area contributed by atoms with E-state index in [1.165, 1.54) is 25.7 Å². The molecule has 4 aliphatic rings. The van der Waals surface area contributed by atoms with E-state index >= 15 is 0 Å². The SMILES string of the molecule is C=C[C@@]1(CC)O[C@H]2C[C@@]34C[C@H](C(C)(C)[C@@H]3CC[C@H]4C)[C@@]2(C)O1. The number of hydrogen-bond donors (Lipinski definition) is 0. The van der Waals surface area contributed by atoms with Crippen molar-refractivity contribution in [3.63, 3.8) is 0 Å². The van der Waals surface area contributed by atoms with Crippen LogP contribution in [-0.2, 0) is 9.47 Å². The van der Waals surface area contributed by atoms with Gasteiger partial charge in [-0.25, -0.2) is 0 Å². The molecule has 2 bridgehead atoms. The van der Waals surface area contributed by atoms with Gasteiger partial charge in [0.2, 0.25) is 0 Å². The van der Waals surface area contributed by atoms with Crippen LogP contribution >= 0.6 is 0 Å². The summed E-state index contributed by atoms with van der Waals surface area (Å²) in [5.41, 5.74) is 0.693. The van der Waals surface area contributed by atoms with Crippen LogP contribution in [0.2, 0.25) is 0 Å². The van der Waals surface area contributed by atoms with Crippen LogP contribution in [0.1, 0.15) is 66.7 Å². The highest BCUT2D eigenvalue weighted by Gasteiger charge is 2.74. The summed E-state index contributed by atoms with van der Waals surface area (Å²) < 4.78 is 13.2. The Morgan fingerprint density at radius 2 is 1.86 bits per heavy atom. The van der Waals surface area contributed by atoms with Crippen LogP contribution in [0.15, 0.2) is 12.7 Å². The Bertz CT molecular complexity index is 512. The van der Waals surface area contributed by atoms with Crippen LogP contribution in [0.5, 0.6) is 0 Å². The Morgan fingerprint density at radius 3 is 2.50 bits per heavy atom. The summed E-state index contributed by atoms with van der Waals surface area (Å²) in [5, 5.41) is 0. The van der Waals surface area contributed by atoms with E-state index in [0.29, 0.717) is 16.7 Å². The van der Waals surface area contributed by atoms with Gasteiger partial charge in [-0.1, -0.05) is 34.3 Å². The van der Waals surface area contributed by atoms with E-state index in [1.807, 2.05) is 6.08 Å². The molecule has 1 aliphatic heterocycles. The van der Waals surface area contributed by atoms with Gasteiger partial charge in [0, 0.05) is 6.42 Å². The molecule has 3 aliphatic carbocycles. The lowest BCUT2D eigenvalue weighted by Crippen LogP contribution is -2.52. The first-order valence-corrected chi connectivity index (χ1v) is 9.26. The monoisotopic (exact) mass is 304 g/mol. The minimum Gasteiger partial charge on any atom is -0.340 e. The van der Waals surface area contributed by atoms with Crippen molar-refractivity contribution in [3.05, 3.63) is 12.7 Å². The van der Waals surface area contributed by atoms with Crippen LogP contribution in [0.25, 0.3) is 0 Å². The fraction of sp³-hybridized carbons (Fsp3) is 0.900. The normalized spacial score (nSPS) is 58.4. The summed E-state index contributed by atoms with van der Waals surface area (Å²) in [6.07, 6.45) is 8.28. The van der Waals surface area contributed by atoms with E-state index in [1.54, 1.807) is 0 Å². The van der Waals surface area contributed by atoms with Gasteiger partial charge >= 0.3 is 0 Å². The predicted octanol–water partition coefficient (Wildman–Crippen LogP) is 4.94. The third-order valence-corrected chi connectivity index (χ3v) is 8.38. The lowest BCUT2D eigenvalue weighted by atomic mass is 9.63. The average molecular weight is 304 g/mol. The molecule has 0 aromatic rings. The Labute approximate surface area is 135 Å². The molecule has 2 heteroatoms. The molecule has 1 saturated heterocycles. The van der Waals surface area contributed by atoms with Crippen molar-refractivity contribution in [2.24, 2.45) is 28.6 Å². The van der Waals surface area contributed by atoms with Gasteiger partial charge in [0.1, 0.15) is 0 Å². The summed E-state index contributed by atoms with van der Waals surface area (Å²) in [7, 11) is 0. The van der Waals surface area contributed by atoms with Crippen LogP contribution < -0.4 is 0 Å². The third kappa shape index (κ3) is 1.50. The molecule has 0 amide bonds. The van der Waals surface area contributed by atoms with Gasteiger partial charge in [-0.2, -0.15) is 0 Å². The summed E-state index contributed by atoms with van der Waals surface area (Å²) in [5.74, 6) is 1.71. The maximum Gasteiger partial charge on any atom is 0.188 e. The summed E-state index contributed by atoms with van der Waals surface area (Å²) >= 11 is 0. The van der Waals surface area contributed by atoms with Crippen LogP contribution in [0.4, 0.5) is 0 Å². The van der Waals surface area contributed by atoms with Crippen molar-refractivity contribution >= 4 is 0 Å². The molecular weight excluding hydrogens is 272 g/mol. The van der Waals surface area contributed by atoms with E-state index in [-0.39, 0.29) is 11.7 Å². The number of ether oxygens (including phenoxy) is 2. The highest BCUT2D eigenvalue weighted by molar-refractivity contribution is 5.22. The van der Waals surface area contributed by atoms with Crippen LogP contribution in [0, 0.1) is 28.6 Å². The van der Waals surface area contributed by atoms with Crippen molar-refractivity contribution in [1.82, 2.24) is 0 Å². The minimum absolute atomic E-state index is 0.150. The molecule has 1 heterocycles. The molecule has 0 aromatic heterocycles. The first-order valence-electron chi connectivity index (χ1n) is 9.26. The Balaban J connectivity index is 1.80. The first kappa shape index (κ1) is 15.2. The topological polar surface area (TPSA) is 18.5 Å². The van der Waals surface area contributed by atoms with E-state index in [0.717, 1.165) is 18.3 Å². The van der Waals surface area contributed by atoms with Crippen molar-refractivity contribution in [1.29, 1.82) is 0 Å².